The van der Waals surface area contributed by atoms with Crippen molar-refractivity contribution in [3.8, 4) is 5.75 Å². The van der Waals surface area contributed by atoms with Crippen LogP contribution < -0.4 is 26.4 Å². The van der Waals surface area contributed by atoms with Gasteiger partial charge >= 0.3 is 0 Å². The Labute approximate surface area is 204 Å². The number of nitrogens with one attached hydrogen (secondary N) is 1. The van der Waals surface area contributed by atoms with Gasteiger partial charge in [-0.15, -0.1) is 0 Å². The number of methoxy groups -OCH3 is 2. The zero-order chi connectivity index (χ0) is 25.5. The number of halogens is 1. The summed E-state index contributed by atoms with van der Waals surface area (Å²) in [6.45, 7) is 0.369. The van der Waals surface area contributed by atoms with Crippen molar-refractivity contribution in [1.82, 2.24) is 9.69 Å². The third kappa shape index (κ3) is 5.55. The number of primary amides is 1. The van der Waals surface area contributed by atoms with Crippen molar-refractivity contribution >= 4 is 40.6 Å². The van der Waals surface area contributed by atoms with Crippen molar-refractivity contribution in [2.24, 2.45) is 5.73 Å². The summed E-state index contributed by atoms with van der Waals surface area (Å²) in [5.74, 6) is -2.57. The molecule has 3 amide bonds. The number of carbonyl (C=O) groups excluding carboxylic acids is 3. The zero-order valence-electron chi connectivity index (χ0n) is 19.0. The maximum absolute atomic E-state index is 15.0. The average molecular weight is 502 g/mol. The van der Waals surface area contributed by atoms with Gasteiger partial charge in [-0.2, -0.15) is 4.37 Å². The Morgan fingerprint density at radius 2 is 1.83 bits per heavy atom. The third-order valence-electron chi connectivity index (χ3n) is 5.03. The van der Waals surface area contributed by atoms with Crippen LogP contribution in [0.1, 0.15) is 31.8 Å². The van der Waals surface area contributed by atoms with Crippen LogP contribution in [0.4, 0.5) is 15.8 Å². The maximum atomic E-state index is 15.0. The molecule has 0 unspecified atom stereocenters. The van der Waals surface area contributed by atoms with Crippen LogP contribution in [-0.4, -0.2) is 49.5 Å². The largest absolute Gasteiger partial charge is 0.497 e. The Bertz CT molecular complexity index is 1220. The molecule has 0 saturated heterocycles. The van der Waals surface area contributed by atoms with Crippen LogP contribution in [-0.2, 0) is 9.53 Å². The van der Waals surface area contributed by atoms with Gasteiger partial charge in [0.1, 0.15) is 22.5 Å². The Hall–Kier alpha value is -4.03. The van der Waals surface area contributed by atoms with E-state index in [-0.39, 0.29) is 35.1 Å². The number of para-hydroxylation sites is 1. The zero-order valence-corrected chi connectivity index (χ0v) is 19.8. The van der Waals surface area contributed by atoms with E-state index in [4.69, 9.17) is 20.9 Å². The second-order valence-corrected chi connectivity index (χ2v) is 8.00. The standard InChI is InChI=1S/C23H24FN5O5S/c1-33-12-11-27-22(31)19(13-7-9-14(34-2)10-8-13)29(16-6-4-3-5-15(16)24)23(32)20-17(25)18(21(26)30)28-35-20/h3-10,19H,11-12,25H2,1-2H3,(H2,26,30)(H,27,31)/t19-/m1/s1. The molecule has 3 aromatic rings. The number of anilines is 2. The summed E-state index contributed by atoms with van der Waals surface area (Å²) in [7, 11) is 2.97. The maximum Gasteiger partial charge on any atom is 0.273 e. The fourth-order valence-corrected chi connectivity index (χ4v) is 4.07. The number of hydrogen-bond donors (Lipinski definition) is 3. The van der Waals surface area contributed by atoms with Crippen LogP contribution in [0.3, 0.4) is 0 Å². The molecule has 0 saturated carbocycles. The summed E-state index contributed by atoms with van der Waals surface area (Å²) < 4.78 is 29.1. The van der Waals surface area contributed by atoms with Crippen molar-refractivity contribution in [2.75, 3.05) is 38.0 Å². The fraction of sp³-hybridized carbons (Fsp3) is 0.217. The first-order valence-electron chi connectivity index (χ1n) is 10.3. The molecule has 12 heteroatoms. The van der Waals surface area contributed by atoms with Gasteiger partial charge < -0.3 is 26.3 Å². The van der Waals surface area contributed by atoms with Crippen LogP contribution in [0.25, 0.3) is 0 Å². The van der Waals surface area contributed by atoms with Crippen LogP contribution in [0.5, 0.6) is 5.75 Å². The van der Waals surface area contributed by atoms with E-state index >= 15 is 4.39 Å². The molecule has 1 aromatic heterocycles. The normalized spacial score (nSPS) is 11.5. The molecule has 0 aliphatic rings. The Kier molecular flexibility index (Phi) is 8.34. The van der Waals surface area contributed by atoms with Gasteiger partial charge in [0.2, 0.25) is 5.91 Å². The highest BCUT2D eigenvalue weighted by Gasteiger charge is 2.37. The minimum absolute atomic E-state index is 0.149. The monoisotopic (exact) mass is 501 g/mol. The Balaban J connectivity index is 2.19. The lowest BCUT2D eigenvalue weighted by Gasteiger charge is -2.31. The summed E-state index contributed by atoms with van der Waals surface area (Å²) in [5.41, 5.74) is 10.9. The molecule has 2 aromatic carbocycles. The molecule has 0 fully saturated rings. The second-order valence-electron chi connectivity index (χ2n) is 7.22. The summed E-state index contributed by atoms with van der Waals surface area (Å²) in [6, 6.07) is 10.6. The van der Waals surface area contributed by atoms with E-state index in [1.165, 1.54) is 32.4 Å². The van der Waals surface area contributed by atoms with Gasteiger partial charge in [0, 0.05) is 13.7 Å². The molecule has 1 atom stereocenters. The SMILES string of the molecule is COCCNC(=O)[C@@H](c1ccc(OC)cc1)N(C(=O)c1snc(C(N)=O)c1N)c1ccccc1F. The molecular weight excluding hydrogens is 477 g/mol. The van der Waals surface area contributed by atoms with Crippen molar-refractivity contribution in [3.05, 3.63) is 70.5 Å². The molecule has 0 aliphatic carbocycles. The van der Waals surface area contributed by atoms with Crippen molar-refractivity contribution in [3.63, 3.8) is 0 Å². The number of carbonyl (C=O) groups is 3. The molecule has 1 heterocycles. The quantitative estimate of drug-likeness (QED) is 0.360. The topological polar surface area (TPSA) is 150 Å². The van der Waals surface area contributed by atoms with Crippen LogP contribution in [0.2, 0.25) is 0 Å². The summed E-state index contributed by atoms with van der Waals surface area (Å²) >= 11 is 0.632. The Morgan fingerprint density at radius 3 is 2.40 bits per heavy atom. The van der Waals surface area contributed by atoms with Crippen LogP contribution in [0, 0.1) is 5.82 Å². The van der Waals surface area contributed by atoms with Gasteiger partial charge in [-0.25, -0.2) is 4.39 Å². The van der Waals surface area contributed by atoms with Gasteiger partial charge in [-0.05, 0) is 41.4 Å². The van der Waals surface area contributed by atoms with E-state index in [0.717, 1.165) is 11.0 Å². The van der Waals surface area contributed by atoms with E-state index in [1.807, 2.05) is 0 Å². The molecule has 0 spiro atoms. The number of hydrogen-bond acceptors (Lipinski definition) is 8. The summed E-state index contributed by atoms with van der Waals surface area (Å²) in [5, 5.41) is 2.70. The van der Waals surface area contributed by atoms with Gasteiger partial charge in [0.25, 0.3) is 11.8 Å². The van der Waals surface area contributed by atoms with Gasteiger partial charge in [-0.3, -0.25) is 19.3 Å². The molecule has 10 nitrogen and oxygen atoms in total. The lowest BCUT2D eigenvalue weighted by Crippen LogP contribution is -2.45. The van der Waals surface area contributed by atoms with E-state index in [9.17, 15) is 14.4 Å². The molecular formula is C23H24FN5O5S. The van der Waals surface area contributed by atoms with E-state index < -0.39 is 29.6 Å². The number of rotatable bonds is 10. The molecule has 0 radical (unpaired) electrons. The first-order chi connectivity index (χ1) is 16.8. The van der Waals surface area contributed by atoms with Crippen LogP contribution >= 0.6 is 11.5 Å². The number of nitrogen functional groups attached to an aromatic ring is 1. The number of nitrogens with two attached hydrogens (primary N) is 2. The van der Waals surface area contributed by atoms with E-state index in [1.54, 1.807) is 24.3 Å². The van der Waals surface area contributed by atoms with E-state index in [0.29, 0.717) is 22.8 Å². The molecule has 184 valence electrons. The molecule has 0 bridgehead atoms. The minimum atomic E-state index is -1.32. The minimum Gasteiger partial charge on any atom is -0.497 e. The van der Waals surface area contributed by atoms with Gasteiger partial charge in [0.15, 0.2) is 5.69 Å². The summed E-state index contributed by atoms with van der Waals surface area (Å²) in [4.78, 5) is 39.7. The smallest absolute Gasteiger partial charge is 0.273 e. The van der Waals surface area contributed by atoms with Gasteiger partial charge in [0.05, 0.1) is 25.1 Å². The van der Waals surface area contributed by atoms with Crippen LogP contribution in [0.15, 0.2) is 48.5 Å². The summed E-state index contributed by atoms with van der Waals surface area (Å²) in [6.07, 6.45) is 0. The lowest BCUT2D eigenvalue weighted by atomic mass is 10.0. The molecule has 3 rings (SSSR count). The fourth-order valence-electron chi connectivity index (χ4n) is 3.33. The predicted octanol–water partition coefficient (Wildman–Crippen LogP) is 2.12. The number of benzene rings is 2. The molecule has 35 heavy (non-hydrogen) atoms. The van der Waals surface area contributed by atoms with Crippen molar-refractivity contribution < 1.29 is 28.2 Å². The lowest BCUT2D eigenvalue weighted by molar-refractivity contribution is -0.122. The molecule has 5 N–H and O–H groups in total. The average Bonchev–Trinajstić information content (AvgIpc) is 3.24. The number of nitrogens with zero attached hydrogens (tertiary/aromatic N) is 2. The first-order valence-corrected chi connectivity index (χ1v) is 11.1. The van der Waals surface area contributed by atoms with Crippen molar-refractivity contribution in [1.29, 1.82) is 0 Å². The third-order valence-corrected chi connectivity index (χ3v) is 5.88. The number of ether oxygens (including phenoxy) is 2. The Morgan fingerprint density at radius 1 is 1.14 bits per heavy atom. The predicted molar refractivity (Wildman–Crippen MR) is 129 cm³/mol. The highest BCUT2D eigenvalue weighted by atomic mass is 32.1. The highest BCUT2D eigenvalue weighted by Crippen LogP contribution is 2.34. The first kappa shape index (κ1) is 25.6. The van der Waals surface area contributed by atoms with Crippen molar-refractivity contribution in [2.45, 2.75) is 6.04 Å². The van der Waals surface area contributed by atoms with Gasteiger partial charge in [-0.1, -0.05) is 24.3 Å². The number of aromatic nitrogens is 1. The molecule has 0 aliphatic heterocycles. The second kappa shape index (κ2) is 11.4. The van der Waals surface area contributed by atoms with E-state index in [2.05, 4.69) is 9.69 Å². The number of amides is 3. The highest BCUT2D eigenvalue weighted by molar-refractivity contribution is 7.09.